The molecule has 2 aromatic rings. The predicted molar refractivity (Wildman–Crippen MR) is 114 cm³/mol. The topological polar surface area (TPSA) is 99.9 Å². The molecule has 3 N–H and O–H groups in total. The van der Waals surface area contributed by atoms with E-state index in [0.717, 1.165) is 5.39 Å². The van der Waals surface area contributed by atoms with Gasteiger partial charge in [0.05, 0.1) is 4.90 Å². The molecule has 0 fully saturated rings. The molecule has 2 aromatic carbocycles. The fraction of sp³-hybridized carbons (Fsp3) is 0.474. The molecule has 28 heavy (non-hydrogen) atoms. The fourth-order valence-electron chi connectivity index (χ4n) is 3.12. The zero-order valence-corrected chi connectivity index (χ0v) is 18.6. The van der Waals surface area contributed by atoms with Crippen LogP contribution in [0.25, 0.3) is 10.8 Å². The maximum atomic E-state index is 12.8. The second-order valence-electron chi connectivity index (χ2n) is 6.18. The zero-order chi connectivity index (χ0) is 20.6. The fourth-order valence-corrected chi connectivity index (χ4v) is 7.02. The van der Waals surface area contributed by atoms with E-state index in [1.807, 2.05) is 32.9 Å². The number of hydrogen-bond donors (Lipinski definition) is 2. The summed E-state index contributed by atoms with van der Waals surface area (Å²) in [4.78, 5) is 0.222. The molecular weight excluding hydrogens is 396 g/mol. The lowest BCUT2D eigenvalue weighted by atomic mass is 10.1. The lowest BCUT2D eigenvalue weighted by Crippen LogP contribution is -2.46. The smallest absolute Gasteiger partial charge is 0.398 e. The Morgan fingerprint density at radius 3 is 2.07 bits per heavy atom. The van der Waals surface area contributed by atoms with Crippen molar-refractivity contribution in [2.75, 3.05) is 32.1 Å². The molecule has 0 aliphatic heterocycles. The Labute approximate surface area is 168 Å². The van der Waals surface area contributed by atoms with Gasteiger partial charge < -0.3 is 19.0 Å². The van der Waals surface area contributed by atoms with Crippen molar-refractivity contribution < 1.29 is 21.7 Å². The van der Waals surface area contributed by atoms with Gasteiger partial charge in [-0.1, -0.05) is 24.3 Å². The first-order valence-electron chi connectivity index (χ1n) is 9.58. The number of nitrogens with one attached hydrogen (secondary N) is 1. The van der Waals surface area contributed by atoms with Gasteiger partial charge in [-0.25, -0.2) is 13.1 Å². The summed E-state index contributed by atoms with van der Waals surface area (Å²) in [5.41, 5.74) is 6.52. The summed E-state index contributed by atoms with van der Waals surface area (Å²) in [6.07, 6.45) is 0.554. The summed E-state index contributed by atoms with van der Waals surface area (Å²) in [6.45, 7) is 7.45. The molecular formula is C19H30N2O5SSi. The van der Waals surface area contributed by atoms with Crippen molar-refractivity contribution >= 4 is 35.3 Å². The average molecular weight is 427 g/mol. The molecule has 0 amide bonds. The van der Waals surface area contributed by atoms with Gasteiger partial charge in [0.25, 0.3) is 0 Å². The molecule has 0 aromatic heterocycles. The van der Waals surface area contributed by atoms with Crippen LogP contribution in [0.2, 0.25) is 6.04 Å². The number of hydrogen-bond acceptors (Lipinski definition) is 6. The van der Waals surface area contributed by atoms with Gasteiger partial charge in [-0.2, -0.15) is 0 Å². The number of benzene rings is 2. The Hall–Kier alpha value is -1.49. The van der Waals surface area contributed by atoms with Gasteiger partial charge in [0.15, 0.2) is 0 Å². The Bertz CT molecular complexity index is 859. The van der Waals surface area contributed by atoms with E-state index in [9.17, 15) is 8.42 Å². The maximum Gasteiger partial charge on any atom is 0.500 e. The SMILES string of the molecule is CCO[Si](CCCNS(=O)(=O)c1ccc(N)c2ccccc12)(OCC)OCC. The first-order valence-corrected chi connectivity index (χ1v) is 13.0. The van der Waals surface area contributed by atoms with E-state index in [1.165, 1.54) is 0 Å². The number of nitrogens with two attached hydrogens (primary N) is 1. The summed E-state index contributed by atoms with van der Waals surface area (Å²) in [5, 5.41) is 1.33. The largest absolute Gasteiger partial charge is 0.500 e. The van der Waals surface area contributed by atoms with Crippen LogP contribution in [0.1, 0.15) is 27.2 Å². The summed E-state index contributed by atoms with van der Waals surface area (Å²) < 4.78 is 45.7. The quantitative estimate of drug-likeness (QED) is 0.307. The van der Waals surface area contributed by atoms with E-state index in [2.05, 4.69) is 4.72 Å². The highest BCUT2D eigenvalue weighted by atomic mass is 32.2. The zero-order valence-electron chi connectivity index (χ0n) is 16.7. The van der Waals surface area contributed by atoms with Crippen LogP contribution in [0.3, 0.4) is 0 Å². The molecule has 0 radical (unpaired) electrons. The first-order chi connectivity index (χ1) is 13.4. The van der Waals surface area contributed by atoms with Crippen LogP contribution >= 0.6 is 0 Å². The van der Waals surface area contributed by atoms with Crippen LogP contribution in [0.4, 0.5) is 5.69 Å². The van der Waals surface area contributed by atoms with Crippen LogP contribution in [-0.4, -0.2) is 43.6 Å². The van der Waals surface area contributed by atoms with Crippen molar-refractivity contribution in [3.05, 3.63) is 36.4 Å². The van der Waals surface area contributed by atoms with Crippen molar-refractivity contribution in [3.63, 3.8) is 0 Å². The molecule has 0 aliphatic carbocycles. The van der Waals surface area contributed by atoms with Crippen LogP contribution < -0.4 is 10.5 Å². The summed E-state index contributed by atoms with van der Waals surface area (Å²) >= 11 is 0. The minimum Gasteiger partial charge on any atom is -0.398 e. The van der Waals surface area contributed by atoms with Crippen molar-refractivity contribution in [2.24, 2.45) is 0 Å². The van der Waals surface area contributed by atoms with E-state index >= 15 is 0 Å². The summed E-state index contributed by atoms with van der Waals surface area (Å²) in [6, 6.07) is 10.9. The molecule has 9 heteroatoms. The molecule has 2 rings (SSSR count). The maximum absolute atomic E-state index is 12.8. The molecule has 0 saturated carbocycles. The molecule has 0 bridgehead atoms. The van der Waals surface area contributed by atoms with Gasteiger partial charge in [-0.05, 0) is 39.3 Å². The molecule has 0 saturated heterocycles. The number of fused-ring (bicyclic) bond motifs is 1. The average Bonchev–Trinajstić information content (AvgIpc) is 2.66. The highest BCUT2D eigenvalue weighted by molar-refractivity contribution is 7.89. The van der Waals surface area contributed by atoms with Crippen LogP contribution in [0, 0.1) is 0 Å². The van der Waals surface area contributed by atoms with Crippen LogP contribution in [0.5, 0.6) is 0 Å². The third kappa shape index (κ3) is 5.53. The molecule has 0 aliphatic rings. The highest BCUT2D eigenvalue weighted by Crippen LogP contribution is 2.27. The van der Waals surface area contributed by atoms with Gasteiger partial charge in [-0.3, -0.25) is 0 Å². The summed E-state index contributed by atoms with van der Waals surface area (Å²) in [5.74, 6) is 0. The van der Waals surface area contributed by atoms with Gasteiger partial charge in [0.2, 0.25) is 10.0 Å². The summed E-state index contributed by atoms with van der Waals surface area (Å²) in [7, 11) is -6.44. The van der Waals surface area contributed by atoms with E-state index in [1.54, 1.807) is 24.3 Å². The Morgan fingerprint density at radius 1 is 0.929 bits per heavy atom. The van der Waals surface area contributed by atoms with Crippen molar-refractivity contribution in [2.45, 2.75) is 38.1 Å². The predicted octanol–water partition coefficient (Wildman–Crippen LogP) is 3.14. The molecule has 0 atom stereocenters. The number of nitrogen functional groups attached to an aromatic ring is 1. The highest BCUT2D eigenvalue weighted by Gasteiger charge is 2.39. The molecule has 0 heterocycles. The number of sulfonamides is 1. The normalized spacial score (nSPS) is 12.5. The second kappa shape index (κ2) is 10.3. The number of rotatable bonds is 12. The monoisotopic (exact) mass is 426 g/mol. The third-order valence-corrected chi connectivity index (χ3v) is 8.92. The minimum absolute atomic E-state index is 0.222. The molecule has 7 nitrogen and oxygen atoms in total. The third-order valence-electron chi connectivity index (χ3n) is 4.25. The van der Waals surface area contributed by atoms with Crippen LogP contribution in [0.15, 0.2) is 41.3 Å². The van der Waals surface area contributed by atoms with Crippen LogP contribution in [-0.2, 0) is 23.3 Å². The van der Waals surface area contributed by atoms with E-state index < -0.39 is 18.8 Å². The Balaban J connectivity index is 2.09. The standard InChI is InChI=1S/C19H30N2O5SSi/c1-4-24-28(25-5-2,26-6-3)15-9-14-21-27(22,23)19-13-12-18(20)16-10-7-8-11-17(16)19/h7-8,10-13,21H,4-6,9,14-15,20H2,1-3H3. The lowest BCUT2D eigenvalue weighted by molar-refractivity contribution is 0.0709. The first kappa shape index (κ1) is 22.8. The molecule has 0 spiro atoms. The van der Waals surface area contributed by atoms with E-state index in [4.69, 9.17) is 19.0 Å². The minimum atomic E-state index is -3.67. The molecule has 156 valence electrons. The van der Waals surface area contributed by atoms with Crippen molar-refractivity contribution in [3.8, 4) is 0 Å². The molecule has 0 unspecified atom stereocenters. The Morgan fingerprint density at radius 2 is 1.50 bits per heavy atom. The van der Waals surface area contributed by atoms with Gasteiger partial charge in [-0.15, -0.1) is 0 Å². The van der Waals surface area contributed by atoms with Gasteiger partial charge in [0, 0.05) is 48.9 Å². The van der Waals surface area contributed by atoms with Gasteiger partial charge in [0.1, 0.15) is 0 Å². The number of anilines is 1. The van der Waals surface area contributed by atoms with Crippen molar-refractivity contribution in [1.29, 1.82) is 0 Å². The van der Waals surface area contributed by atoms with E-state index in [-0.39, 0.29) is 11.4 Å². The van der Waals surface area contributed by atoms with Gasteiger partial charge >= 0.3 is 8.80 Å². The van der Waals surface area contributed by atoms with Crippen molar-refractivity contribution in [1.82, 2.24) is 4.72 Å². The Kier molecular flexibility index (Phi) is 8.41. The van der Waals surface area contributed by atoms with E-state index in [0.29, 0.717) is 43.4 Å². The second-order valence-corrected chi connectivity index (χ2v) is 10.6. The lowest BCUT2D eigenvalue weighted by Gasteiger charge is -2.28.